The summed E-state index contributed by atoms with van der Waals surface area (Å²) in [5.41, 5.74) is 6.61. The van der Waals surface area contributed by atoms with Crippen LogP contribution in [-0.4, -0.2) is 42.2 Å². The first-order valence-electron chi connectivity index (χ1n) is 11.3. The zero-order chi connectivity index (χ0) is 24.2. The van der Waals surface area contributed by atoms with Crippen LogP contribution in [0.5, 0.6) is 0 Å². The van der Waals surface area contributed by atoms with Gasteiger partial charge in [0.2, 0.25) is 11.9 Å². The lowest BCUT2D eigenvalue weighted by molar-refractivity contribution is -0.115. The molecule has 8 nitrogen and oxygen atoms in total. The second-order valence-electron chi connectivity index (χ2n) is 8.24. The van der Waals surface area contributed by atoms with Gasteiger partial charge in [-0.25, -0.2) is 9.97 Å². The Morgan fingerprint density at radius 1 is 1.14 bits per heavy atom. The third-order valence-electron chi connectivity index (χ3n) is 5.86. The van der Waals surface area contributed by atoms with Crippen molar-refractivity contribution in [2.75, 3.05) is 41.8 Å². The maximum Gasteiger partial charge on any atom is 0.238 e. The zero-order valence-corrected chi connectivity index (χ0v) is 20.1. The molecule has 1 aliphatic heterocycles. The molecule has 9 heteroatoms. The number of rotatable bonds is 6. The lowest BCUT2D eigenvalue weighted by Crippen LogP contribution is -2.36. The van der Waals surface area contributed by atoms with E-state index in [1.54, 1.807) is 11.3 Å². The van der Waals surface area contributed by atoms with Crippen LogP contribution in [0.1, 0.15) is 12.0 Å². The molecule has 2 N–H and O–H groups in total. The summed E-state index contributed by atoms with van der Waals surface area (Å²) in [4.78, 5) is 23.5. The Bertz CT molecular complexity index is 1400. The highest BCUT2D eigenvalue weighted by Crippen LogP contribution is 2.36. The predicted molar refractivity (Wildman–Crippen MR) is 139 cm³/mol. The van der Waals surface area contributed by atoms with Crippen molar-refractivity contribution in [3.63, 3.8) is 0 Å². The number of fused-ring (bicyclic) bond motifs is 1. The van der Waals surface area contributed by atoms with Crippen molar-refractivity contribution in [2.24, 2.45) is 0 Å². The van der Waals surface area contributed by atoms with Crippen LogP contribution in [0.3, 0.4) is 0 Å². The van der Waals surface area contributed by atoms with E-state index in [4.69, 9.17) is 15.0 Å². The van der Waals surface area contributed by atoms with Crippen molar-refractivity contribution >= 4 is 50.5 Å². The number of hydrogen-bond donors (Lipinski definition) is 2. The molecule has 0 atom stereocenters. The van der Waals surface area contributed by atoms with E-state index in [0.29, 0.717) is 11.6 Å². The topological polar surface area (TPSA) is 103 Å². The first-order valence-corrected chi connectivity index (χ1v) is 12.2. The molecular formula is C26H24N6O2S. The van der Waals surface area contributed by atoms with Crippen LogP contribution in [-0.2, 0) is 9.53 Å². The van der Waals surface area contributed by atoms with Crippen LogP contribution in [0.25, 0.3) is 21.3 Å². The van der Waals surface area contributed by atoms with E-state index >= 15 is 0 Å². The Morgan fingerprint density at radius 3 is 2.69 bits per heavy atom. The molecule has 0 aliphatic carbocycles. The van der Waals surface area contributed by atoms with Crippen LogP contribution in [0.4, 0.5) is 23.0 Å². The smallest absolute Gasteiger partial charge is 0.238 e. The summed E-state index contributed by atoms with van der Waals surface area (Å²) in [6.07, 6.45) is 1.65. The number of nitrogens with one attached hydrogen (secondary N) is 2. The van der Waals surface area contributed by atoms with Crippen molar-refractivity contribution in [1.29, 1.82) is 5.26 Å². The molecule has 2 aromatic carbocycles. The van der Waals surface area contributed by atoms with E-state index in [2.05, 4.69) is 38.0 Å². The Kier molecular flexibility index (Phi) is 6.57. The molecule has 0 saturated carbocycles. The molecule has 4 aromatic rings. The first kappa shape index (κ1) is 22.8. The molecule has 1 saturated heterocycles. The minimum atomic E-state index is -0.328. The molecule has 35 heavy (non-hydrogen) atoms. The van der Waals surface area contributed by atoms with Gasteiger partial charge in [0.15, 0.2) is 0 Å². The minimum absolute atomic E-state index is 0.180. The highest BCUT2D eigenvalue weighted by atomic mass is 32.1. The molecule has 1 aliphatic rings. The van der Waals surface area contributed by atoms with Gasteiger partial charge in [-0.05, 0) is 54.4 Å². The fourth-order valence-corrected chi connectivity index (χ4v) is 4.92. The van der Waals surface area contributed by atoms with Crippen LogP contribution in [0.15, 0.2) is 54.0 Å². The van der Waals surface area contributed by atoms with Crippen LogP contribution < -0.4 is 15.5 Å². The van der Waals surface area contributed by atoms with Gasteiger partial charge in [-0.1, -0.05) is 6.07 Å². The van der Waals surface area contributed by atoms with Gasteiger partial charge >= 0.3 is 0 Å². The number of hydrogen-bond acceptors (Lipinski definition) is 8. The van der Waals surface area contributed by atoms with E-state index in [1.807, 2.05) is 49.5 Å². The van der Waals surface area contributed by atoms with Crippen LogP contribution >= 0.6 is 11.3 Å². The number of nitrogens with zero attached hydrogens (tertiary/aromatic N) is 4. The Labute approximate surface area is 207 Å². The van der Waals surface area contributed by atoms with E-state index in [1.165, 1.54) is 5.69 Å². The molecule has 5 rings (SSSR count). The molecule has 0 radical (unpaired) electrons. The fourth-order valence-electron chi connectivity index (χ4n) is 4.05. The van der Waals surface area contributed by atoms with Crippen molar-refractivity contribution in [1.82, 2.24) is 9.97 Å². The van der Waals surface area contributed by atoms with E-state index in [9.17, 15) is 4.79 Å². The molecule has 2 aromatic heterocycles. The SMILES string of the molecule is Cc1ccc(NC(=O)CC#N)cc1-c1csc2cnc(Nc3ccc(N4CCOCC4)cc3)nc12. The summed E-state index contributed by atoms with van der Waals surface area (Å²) in [6, 6.07) is 15.8. The lowest BCUT2D eigenvalue weighted by atomic mass is 10.0. The summed E-state index contributed by atoms with van der Waals surface area (Å²) >= 11 is 1.58. The molecule has 1 amide bonds. The Hall–Kier alpha value is -4.00. The molecule has 3 heterocycles. The van der Waals surface area contributed by atoms with E-state index in [-0.39, 0.29) is 12.3 Å². The number of anilines is 4. The summed E-state index contributed by atoms with van der Waals surface area (Å²) in [6.45, 7) is 5.33. The van der Waals surface area contributed by atoms with Crippen molar-refractivity contribution < 1.29 is 9.53 Å². The number of amides is 1. The maximum absolute atomic E-state index is 11.9. The molecule has 0 unspecified atom stereocenters. The Morgan fingerprint density at radius 2 is 1.91 bits per heavy atom. The van der Waals surface area contributed by atoms with Crippen molar-refractivity contribution in [3.05, 3.63) is 59.6 Å². The normalized spacial score (nSPS) is 13.4. The predicted octanol–water partition coefficient (Wildman–Crippen LogP) is 5.10. The van der Waals surface area contributed by atoms with Gasteiger partial charge in [0.05, 0.1) is 35.7 Å². The lowest BCUT2D eigenvalue weighted by Gasteiger charge is -2.28. The van der Waals surface area contributed by atoms with Crippen molar-refractivity contribution in [2.45, 2.75) is 13.3 Å². The second kappa shape index (κ2) is 10.1. The molecule has 1 fully saturated rings. The van der Waals surface area contributed by atoms with Gasteiger partial charge in [-0.2, -0.15) is 5.26 Å². The van der Waals surface area contributed by atoms with Gasteiger partial charge in [0.25, 0.3) is 0 Å². The Balaban J connectivity index is 1.39. The number of morpholine rings is 1. The summed E-state index contributed by atoms with van der Waals surface area (Å²) in [5, 5.41) is 16.9. The monoisotopic (exact) mass is 484 g/mol. The standard InChI is InChI=1S/C26H24N6O2S/c1-17-2-3-19(29-24(33)8-9-27)14-21(17)22-16-35-23-15-28-26(31-25(22)23)30-18-4-6-20(7-5-18)32-10-12-34-13-11-32/h2-7,14-16H,8,10-13H2,1H3,(H,29,33)(H,28,30,31). The van der Waals surface area contributed by atoms with Gasteiger partial charge in [0, 0.05) is 41.1 Å². The van der Waals surface area contributed by atoms with E-state index < -0.39 is 0 Å². The third-order valence-corrected chi connectivity index (χ3v) is 6.77. The second-order valence-corrected chi connectivity index (χ2v) is 9.15. The largest absolute Gasteiger partial charge is 0.378 e. The molecule has 0 bridgehead atoms. The minimum Gasteiger partial charge on any atom is -0.378 e. The number of ether oxygens (including phenoxy) is 1. The molecule has 176 valence electrons. The molecule has 0 spiro atoms. The summed E-state index contributed by atoms with van der Waals surface area (Å²) < 4.78 is 6.41. The third kappa shape index (κ3) is 5.09. The summed E-state index contributed by atoms with van der Waals surface area (Å²) in [5.74, 6) is 0.193. The van der Waals surface area contributed by atoms with Gasteiger partial charge < -0.3 is 20.3 Å². The van der Waals surface area contributed by atoms with Crippen LogP contribution in [0, 0.1) is 18.3 Å². The summed E-state index contributed by atoms with van der Waals surface area (Å²) in [7, 11) is 0. The number of thiophene rings is 1. The quantitative estimate of drug-likeness (QED) is 0.392. The highest BCUT2D eigenvalue weighted by Gasteiger charge is 2.14. The maximum atomic E-state index is 11.9. The number of benzene rings is 2. The number of aryl methyl sites for hydroxylation is 1. The van der Waals surface area contributed by atoms with Gasteiger partial charge in [0.1, 0.15) is 6.42 Å². The van der Waals surface area contributed by atoms with Gasteiger partial charge in [-0.3, -0.25) is 4.79 Å². The average Bonchev–Trinajstić information content (AvgIpc) is 3.29. The van der Waals surface area contributed by atoms with Crippen LogP contribution in [0.2, 0.25) is 0 Å². The zero-order valence-electron chi connectivity index (χ0n) is 19.2. The fraction of sp³-hybridized carbons (Fsp3) is 0.231. The van der Waals surface area contributed by atoms with Crippen molar-refractivity contribution in [3.8, 4) is 17.2 Å². The number of nitriles is 1. The highest BCUT2D eigenvalue weighted by molar-refractivity contribution is 7.17. The number of carbonyl (C=O) groups is 1. The van der Waals surface area contributed by atoms with Gasteiger partial charge in [-0.15, -0.1) is 11.3 Å². The number of carbonyl (C=O) groups excluding carboxylic acids is 1. The molecular weight excluding hydrogens is 460 g/mol. The average molecular weight is 485 g/mol. The number of aromatic nitrogens is 2. The first-order chi connectivity index (χ1) is 17.1. The van der Waals surface area contributed by atoms with E-state index in [0.717, 1.165) is 58.9 Å².